The van der Waals surface area contributed by atoms with Crippen LogP contribution >= 0.6 is 11.3 Å². The van der Waals surface area contributed by atoms with E-state index in [4.69, 9.17) is 0 Å². The number of carbonyl (C=O) groups excluding carboxylic acids is 2. The smallest absolute Gasteiger partial charge is 0.262 e. The number of benzene rings is 1. The van der Waals surface area contributed by atoms with Gasteiger partial charge in [0.1, 0.15) is 6.04 Å². The molecule has 3 rings (SSSR count). The third-order valence-electron chi connectivity index (χ3n) is 4.33. The van der Waals surface area contributed by atoms with Crippen LogP contribution in [0.4, 0.5) is 0 Å². The van der Waals surface area contributed by atoms with E-state index in [2.05, 4.69) is 22.7 Å². The van der Waals surface area contributed by atoms with Gasteiger partial charge in [0.15, 0.2) is 0 Å². The Kier molecular flexibility index (Phi) is 6.97. The normalized spacial score (nSPS) is 12.9. The second-order valence-electron chi connectivity index (χ2n) is 6.77. The Balaban J connectivity index is 1.61. The highest BCUT2D eigenvalue weighted by atomic mass is 32.1. The minimum atomic E-state index is -0.631. The van der Waals surface area contributed by atoms with Crippen molar-refractivity contribution in [3.63, 3.8) is 0 Å². The first-order valence-electron chi connectivity index (χ1n) is 9.25. The third-order valence-corrected chi connectivity index (χ3v) is 5.20. The molecule has 146 valence electrons. The van der Waals surface area contributed by atoms with Crippen molar-refractivity contribution in [1.82, 2.24) is 20.4 Å². The lowest BCUT2D eigenvalue weighted by atomic mass is 10.0. The molecule has 2 atom stereocenters. The van der Waals surface area contributed by atoms with Gasteiger partial charge >= 0.3 is 0 Å². The Labute approximate surface area is 168 Å². The number of hydrogen-bond acceptors (Lipinski definition) is 4. The zero-order valence-corrected chi connectivity index (χ0v) is 16.6. The van der Waals surface area contributed by atoms with Gasteiger partial charge in [-0.1, -0.05) is 43.3 Å². The highest BCUT2D eigenvalue weighted by Crippen LogP contribution is 2.10. The Hall–Kier alpha value is -2.93. The van der Waals surface area contributed by atoms with Crippen molar-refractivity contribution in [2.24, 2.45) is 5.92 Å². The number of thiophene rings is 1. The first kappa shape index (κ1) is 19.8. The van der Waals surface area contributed by atoms with E-state index in [0.29, 0.717) is 17.8 Å². The molecule has 0 fully saturated rings. The van der Waals surface area contributed by atoms with Crippen LogP contribution in [-0.4, -0.2) is 34.2 Å². The molecular weight excluding hydrogens is 372 g/mol. The second-order valence-corrected chi connectivity index (χ2v) is 7.72. The molecule has 2 unspecified atom stereocenters. The molecule has 0 radical (unpaired) electrons. The molecule has 0 aliphatic carbocycles. The third kappa shape index (κ3) is 5.79. The standard InChI is InChI=1S/C21H24N4O2S/c1-16(15-25-11-6-10-23-25)14-22-20(26)18(13-17-7-3-2-4-8-17)24-21(27)19-9-5-12-28-19/h2-12,16,18H,13-15H2,1H3,(H,22,26)(H,24,27). The van der Waals surface area contributed by atoms with Gasteiger partial charge in [0.05, 0.1) is 4.88 Å². The van der Waals surface area contributed by atoms with Crippen LogP contribution in [0.1, 0.15) is 22.2 Å². The summed E-state index contributed by atoms with van der Waals surface area (Å²) in [5.74, 6) is -0.189. The lowest BCUT2D eigenvalue weighted by Crippen LogP contribution is -2.48. The minimum absolute atomic E-state index is 0.180. The molecule has 2 heterocycles. The first-order valence-corrected chi connectivity index (χ1v) is 10.1. The van der Waals surface area contributed by atoms with Gasteiger partial charge in [0, 0.05) is 31.9 Å². The lowest BCUT2D eigenvalue weighted by molar-refractivity contribution is -0.123. The number of hydrogen-bond donors (Lipinski definition) is 2. The van der Waals surface area contributed by atoms with Crippen molar-refractivity contribution in [3.8, 4) is 0 Å². The summed E-state index contributed by atoms with van der Waals surface area (Å²) in [7, 11) is 0. The molecule has 0 saturated heterocycles. The Morgan fingerprint density at radius 2 is 1.96 bits per heavy atom. The monoisotopic (exact) mass is 396 g/mol. The number of nitrogens with zero attached hydrogens (tertiary/aromatic N) is 2. The van der Waals surface area contributed by atoms with Gasteiger partial charge in [0.25, 0.3) is 5.91 Å². The molecule has 0 aliphatic rings. The Morgan fingerprint density at radius 3 is 2.64 bits per heavy atom. The van der Waals surface area contributed by atoms with Crippen LogP contribution in [0.2, 0.25) is 0 Å². The van der Waals surface area contributed by atoms with Gasteiger partial charge in [-0.25, -0.2) is 0 Å². The highest BCUT2D eigenvalue weighted by Gasteiger charge is 2.22. The fourth-order valence-corrected chi connectivity index (χ4v) is 3.51. The van der Waals surface area contributed by atoms with E-state index >= 15 is 0 Å². The molecule has 3 aromatic rings. The molecule has 2 N–H and O–H groups in total. The molecule has 0 saturated carbocycles. The predicted molar refractivity (Wildman–Crippen MR) is 110 cm³/mol. The summed E-state index contributed by atoms with van der Waals surface area (Å²) in [5, 5.41) is 11.9. The highest BCUT2D eigenvalue weighted by molar-refractivity contribution is 7.12. The van der Waals surface area contributed by atoms with E-state index < -0.39 is 6.04 Å². The molecule has 2 aromatic heterocycles. The summed E-state index contributed by atoms with van der Waals surface area (Å²) in [6.45, 7) is 3.29. The van der Waals surface area contributed by atoms with Gasteiger partial charge in [-0.3, -0.25) is 14.3 Å². The molecule has 6 nitrogen and oxygen atoms in total. The quantitative estimate of drug-likeness (QED) is 0.584. The van der Waals surface area contributed by atoms with Gasteiger partial charge in [-0.2, -0.15) is 5.10 Å². The van der Waals surface area contributed by atoms with E-state index in [1.807, 2.05) is 58.7 Å². The largest absolute Gasteiger partial charge is 0.354 e. The van der Waals surface area contributed by atoms with Crippen LogP contribution < -0.4 is 10.6 Å². The average molecular weight is 397 g/mol. The SMILES string of the molecule is CC(CNC(=O)C(Cc1ccccc1)NC(=O)c1cccs1)Cn1cccn1. The van der Waals surface area contributed by atoms with E-state index in [0.717, 1.165) is 12.1 Å². The van der Waals surface area contributed by atoms with Gasteiger partial charge in [0.2, 0.25) is 5.91 Å². The van der Waals surface area contributed by atoms with E-state index in [1.165, 1.54) is 11.3 Å². The summed E-state index contributed by atoms with van der Waals surface area (Å²) < 4.78 is 1.84. The molecule has 1 aromatic carbocycles. The summed E-state index contributed by atoms with van der Waals surface area (Å²) in [6, 6.07) is 14.5. The zero-order chi connectivity index (χ0) is 19.8. The van der Waals surface area contributed by atoms with Crippen molar-refractivity contribution >= 4 is 23.2 Å². The van der Waals surface area contributed by atoms with E-state index in [-0.39, 0.29) is 17.7 Å². The number of carbonyl (C=O) groups is 2. The summed E-state index contributed by atoms with van der Waals surface area (Å²) >= 11 is 1.36. The lowest BCUT2D eigenvalue weighted by Gasteiger charge is -2.20. The van der Waals surface area contributed by atoms with Crippen LogP contribution in [0.3, 0.4) is 0 Å². The maximum atomic E-state index is 12.8. The topological polar surface area (TPSA) is 76.0 Å². The van der Waals surface area contributed by atoms with Crippen LogP contribution in [-0.2, 0) is 17.8 Å². The summed E-state index contributed by atoms with van der Waals surface area (Å²) in [6.07, 6.45) is 4.08. The van der Waals surface area contributed by atoms with Gasteiger partial charge < -0.3 is 10.6 Å². The zero-order valence-electron chi connectivity index (χ0n) is 15.7. The molecule has 28 heavy (non-hydrogen) atoms. The predicted octanol–water partition coefficient (Wildman–Crippen LogP) is 2.74. The van der Waals surface area contributed by atoms with E-state index in [9.17, 15) is 9.59 Å². The number of rotatable bonds is 9. The van der Waals surface area contributed by atoms with Gasteiger partial charge in [-0.15, -0.1) is 11.3 Å². The van der Waals surface area contributed by atoms with Crippen molar-refractivity contribution in [2.75, 3.05) is 6.54 Å². The van der Waals surface area contributed by atoms with Crippen molar-refractivity contribution < 1.29 is 9.59 Å². The maximum Gasteiger partial charge on any atom is 0.262 e. The van der Waals surface area contributed by atoms with Crippen LogP contribution in [0.5, 0.6) is 0 Å². The van der Waals surface area contributed by atoms with Gasteiger partial charge in [-0.05, 0) is 29.0 Å². The second kappa shape index (κ2) is 9.85. The molecule has 2 amide bonds. The number of amides is 2. The molecule has 0 spiro atoms. The molecule has 0 bridgehead atoms. The summed E-state index contributed by atoms with van der Waals surface area (Å²) in [5.41, 5.74) is 0.999. The van der Waals surface area contributed by atoms with Crippen molar-refractivity contribution in [1.29, 1.82) is 0 Å². The fraction of sp³-hybridized carbons (Fsp3) is 0.286. The van der Waals surface area contributed by atoms with Crippen LogP contribution in [0.25, 0.3) is 0 Å². The minimum Gasteiger partial charge on any atom is -0.354 e. The van der Waals surface area contributed by atoms with Crippen LogP contribution in [0.15, 0.2) is 66.3 Å². The van der Waals surface area contributed by atoms with Crippen molar-refractivity contribution in [2.45, 2.75) is 25.9 Å². The molecule has 0 aliphatic heterocycles. The maximum absolute atomic E-state index is 12.8. The first-order chi connectivity index (χ1) is 13.6. The molecule has 7 heteroatoms. The molecular formula is C21H24N4O2S. The fourth-order valence-electron chi connectivity index (χ4n) is 2.89. The Bertz CT molecular complexity index is 863. The van der Waals surface area contributed by atoms with E-state index in [1.54, 1.807) is 12.3 Å². The average Bonchev–Trinajstić information content (AvgIpc) is 3.40. The summed E-state index contributed by atoms with van der Waals surface area (Å²) in [4.78, 5) is 25.9. The van der Waals surface area contributed by atoms with Crippen LogP contribution in [0, 0.1) is 5.92 Å². The number of nitrogens with one attached hydrogen (secondary N) is 2. The number of aromatic nitrogens is 2. The van der Waals surface area contributed by atoms with Crippen molar-refractivity contribution in [3.05, 3.63) is 76.7 Å². The Morgan fingerprint density at radius 1 is 1.14 bits per heavy atom.